The van der Waals surface area contributed by atoms with Gasteiger partial charge in [0.05, 0.1) is 11.0 Å². The van der Waals surface area contributed by atoms with E-state index in [0.29, 0.717) is 0 Å². The molecular formula is C21H15N. The first-order valence-electron chi connectivity index (χ1n) is 7.64. The van der Waals surface area contributed by atoms with Crippen molar-refractivity contribution in [3.8, 4) is 11.1 Å². The molecule has 1 heteroatoms. The fourth-order valence-corrected chi connectivity index (χ4v) is 3.67. The van der Waals surface area contributed by atoms with Gasteiger partial charge in [0.15, 0.2) is 0 Å². The number of aromatic nitrogens is 1. The zero-order valence-corrected chi connectivity index (χ0v) is 12.4. The van der Waals surface area contributed by atoms with Crippen LogP contribution in [0.15, 0.2) is 72.8 Å². The minimum atomic E-state index is 1.28. The van der Waals surface area contributed by atoms with Gasteiger partial charge in [0.25, 0.3) is 0 Å². The summed E-state index contributed by atoms with van der Waals surface area (Å²) < 4.78 is 2.40. The summed E-state index contributed by atoms with van der Waals surface area (Å²) in [6, 6.07) is 26.3. The molecule has 5 rings (SSSR count). The summed E-state index contributed by atoms with van der Waals surface area (Å²) in [4.78, 5) is 0. The minimum Gasteiger partial charge on any atom is -0.309 e. The van der Waals surface area contributed by atoms with Gasteiger partial charge in [-0.25, -0.2) is 0 Å². The van der Waals surface area contributed by atoms with E-state index in [-0.39, 0.29) is 0 Å². The molecular weight excluding hydrogens is 266 g/mol. The number of aryl methyl sites for hydroxylation is 1. The Hall–Kier alpha value is -2.80. The van der Waals surface area contributed by atoms with Crippen LogP contribution in [0.5, 0.6) is 0 Å². The molecule has 0 atom stereocenters. The lowest BCUT2D eigenvalue weighted by molar-refractivity contribution is 1.32. The maximum Gasteiger partial charge on any atom is 0.0620 e. The molecule has 104 valence electrons. The summed E-state index contributed by atoms with van der Waals surface area (Å²) in [5.74, 6) is 0. The topological polar surface area (TPSA) is 4.41 Å². The molecule has 0 saturated carbocycles. The standard InChI is InChI=1S/C21H15N/c1-14-11-16-13-19(15-7-3-2-4-8-15)21-18-10-6-5-9-17(18)20(12-14)22(16)21/h2-13H,1H3. The average molecular weight is 281 g/mol. The zero-order chi connectivity index (χ0) is 14.7. The smallest absolute Gasteiger partial charge is 0.0620 e. The van der Waals surface area contributed by atoms with Crippen LogP contribution in [0, 0.1) is 6.92 Å². The van der Waals surface area contributed by atoms with Crippen LogP contribution < -0.4 is 0 Å². The zero-order valence-electron chi connectivity index (χ0n) is 12.4. The predicted octanol–water partition coefficient (Wildman–Crippen LogP) is 5.66. The van der Waals surface area contributed by atoms with Gasteiger partial charge < -0.3 is 4.40 Å². The second-order valence-corrected chi connectivity index (χ2v) is 6.00. The van der Waals surface area contributed by atoms with Crippen molar-refractivity contribution in [3.05, 3.63) is 78.4 Å². The Kier molecular flexibility index (Phi) is 2.21. The van der Waals surface area contributed by atoms with E-state index in [1.54, 1.807) is 0 Å². The molecule has 0 bridgehead atoms. The molecule has 0 N–H and O–H groups in total. The number of fused-ring (bicyclic) bond motifs is 3. The lowest BCUT2D eigenvalue weighted by Gasteiger charge is -1.99. The maximum absolute atomic E-state index is 2.40. The van der Waals surface area contributed by atoms with Crippen LogP contribution in [0.4, 0.5) is 0 Å². The van der Waals surface area contributed by atoms with Crippen LogP contribution in [-0.2, 0) is 0 Å². The van der Waals surface area contributed by atoms with Crippen LogP contribution in [0.2, 0.25) is 0 Å². The second-order valence-electron chi connectivity index (χ2n) is 6.00. The molecule has 5 aromatic rings. The van der Waals surface area contributed by atoms with Gasteiger partial charge in [-0.15, -0.1) is 0 Å². The molecule has 1 nitrogen and oxygen atoms in total. The largest absolute Gasteiger partial charge is 0.309 e. The lowest BCUT2D eigenvalue weighted by Crippen LogP contribution is -1.83. The Morgan fingerprint density at radius 3 is 2.27 bits per heavy atom. The van der Waals surface area contributed by atoms with Crippen LogP contribution in [-0.4, -0.2) is 4.40 Å². The minimum absolute atomic E-state index is 1.28. The highest BCUT2D eigenvalue weighted by Crippen LogP contribution is 2.39. The van der Waals surface area contributed by atoms with Crippen LogP contribution in [0.25, 0.3) is 38.4 Å². The van der Waals surface area contributed by atoms with E-state index in [1.807, 2.05) is 0 Å². The third-order valence-electron chi connectivity index (χ3n) is 4.55. The SMILES string of the molecule is Cc1cc2cc(-c3ccccc3)c3c4ccccc4c(c1)n23. The van der Waals surface area contributed by atoms with E-state index >= 15 is 0 Å². The average Bonchev–Trinajstić information content (AvgIpc) is 3.08. The highest BCUT2D eigenvalue weighted by molar-refractivity contribution is 6.15. The molecule has 3 heterocycles. The number of hydrogen-bond donors (Lipinski definition) is 0. The van der Waals surface area contributed by atoms with Crippen molar-refractivity contribution >= 4 is 27.3 Å². The Labute approximate surface area is 128 Å². The van der Waals surface area contributed by atoms with E-state index in [0.717, 1.165) is 0 Å². The number of nitrogens with zero attached hydrogens (tertiary/aromatic N) is 1. The summed E-state index contributed by atoms with van der Waals surface area (Å²) in [7, 11) is 0. The molecule has 22 heavy (non-hydrogen) atoms. The monoisotopic (exact) mass is 281 g/mol. The summed E-state index contributed by atoms with van der Waals surface area (Å²) in [6.07, 6.45) is 0. The number of pyridine rings is 1. The summed E-state index contributed by atoms with van der Waals surface area (Å²) in [6.45, 7) is 2.17. The van der Waals surface area contributed by atoms with E-state index in [4.69, 9.17) is 0 Å². The van der Waals surface area contributed by atoms with Crippen LogP contribution in [0.3, 0.4) is 0 Å². The lowest BCUT2D eigenvalue weighted by atomic mass is 10.0. The van der Waals surface area contributed by atoms with Crippen molar-refractivity contribution in [3.63, 3.8) is 0 Å². The first-order chi connectivity index (χ1) is 10.8. The van der Waals surface area contributed by atoms with E-state index in [1.165, 1.54) is 44.0 Å². The molecule has 0 unspecified atom stereocenters. The highest BCUT2D eigenvalue weighted by atomic mass is 14.9. The van der Waals surface area contributed by atoms with Crippen molar-refractivity contribution in [1.82, 2.24) is 4.40 Å². The fourth-order valence-electron chi connectivity index (χ4n) is 3.67. The van der Waals surface area contributed by atoms with E-state index in [9.17, 15) is 0 Å². The highest BCUT2D eigenvalue weighted by Gasteiger charge is 2.16. The molecule has 0 aliphatic rings. The molecule has 0 fully saturated rings. The van der Waals surface area contributed by atoms with E-state index < -0.39 is 0 Å². The summed E-state index contributed by atoms with van der Waals surface area (Å²) >= 11 is 0. The Balaban J connectivity index is 2.07. The molecule has 2 aromatic carbocycles. The van der Waals surface area contributed by atoms with Gasteiger partial charge in [0.2, 0.25) is 0 Å². The third-order valence-corrected chi connectivity index (χ3v) is 4.55. The van der Waals surface area contributed by atoms with Crippen molar-refractivity contribution in [2.45, 2.75) is 6.92 Å². The first kappa shape index (κ1) is 11.8. The van der Waals surface area contributed by atoms with Crippen molar-refractivity contribution < 1.29 is 0 Å². The number of benzene rings is 2. The molecule has 0 saturated heterocycles. The van der Waals surface area contributed by atoms with Gasteiger partial charge in [-0.3, -0.25) is 0 Å². The van der Waals surface area contributed by atoms with Crippen molar-refractivity contribution in [2.75, 3.05) is 0 Å². The van der Waals surface area contributed by atoms with Crippen molar-refractivity contribution in [1.29, 1.82) is 0 Å². The Bertz CT molecular complexity index is 1120. The van der Waals surface area contributed by atoms with Gasteiger partial charge in [0.1, 0.15) is 0 Å². The number of rotatable bonds is 1. The van der Waals surface area contributed by atoms with Gasteiger partial charge >= 0.3 is 0 Å². The van der Waals surface area contributed by atoms with Crippen molar-refractivity contribution in [2.24, 2.45) is 0 Å². The summed E-state index contributed by atoms with van der Waals surface area (Å²) in [5.41, 5.74) is 7.82. The molecule has 3 aromatic heterocycles. The quantitative estimate of drug-likeness (QED) is 0.373. The Morgan fingerprint density at radius 1 is 0.727 bits per heavy atom. The molecule has 0 amide bonds. The van der Waals surface area contributed by atoms with E-state index in [2.05, 4.69) is 84.1 Å². The first-order valence-corrected chi connectivity index (χ1v) is 7.64. The predicted molar refractivity (Wildman–Crippen MR) is 93.8 cm³/mol. The van der Waals surface area contributed by atoms with Gasteiger partial charge in [-0.1, -0.05) is 54.6 Å². The van der Waals surface area contributed by atoms with Gasteiger partial charge in [-0.05, 0) is 36.2 Å². The normalized spacial score (nSPS) is 11.9. The number of hydrogen-bond acceptors (Lipinski definition) is 0. The third kappa shape index (κ3) is 1.43. The van der Waals surface area contributed by atoms with Crippen LogP contribution in [0.1, 0.15) is 5.56 Å². The van der Waals surface area contributed by atoms with Gasteiger partial charge in [0, 0.05) is 21.9 Å². The molecule has 0 radical (unpaired) electrons. The molecule has 0 aliphatic heterocycles. The molecule has 0 spiro atoms. The molecule has 0 aliphatic carbocycles. The van der Waals surface area contributed by atoms with Gasteiger partial charge in [-0.2, -0.15) is 0 Å². The fraction of sp³-hybridized carbons (Fsp3) is 0.0476. The summed E-state index contributed by atoms with van der Waals surface area (Å²) in [5, 5.41) is 2.67. The van der Waals surface area contributed by atoms with Crippen LogP contribution >= 0.6 is 0 Å². The maximum atomic E-state index is 2.40. The second kappa shape index (κ2) is 4.11. The Morgan fingerprint density at radius 2 is 1.45 bits per heavy atom.